The molecule has 2 N–H and O–H groups in total. The maximum atomic E-state index is 12.1. The Morgan fingerprint density at radius 3 is 2.57 bits per heavy atom. The van der Waals surface area contributed by atoms with E-state index in [1.54, 1.807) is 0 Å². The summed E-state index contributed by atoms with van der Waals surface area (Å²) >= 11 is 0. The van der Waals surface area contributed by atoms with Crippen LogP contribution in [0.25, 0.3) is 0 Å². The highest BCUT2D eigenvalue weighted by Crippen LogP contribution is 2.23. The van der Waals surface area contributed by atoms with Gasteiger partial charge in [-0.05, 0) is 46.0 Å². The van der Waals surface area contributed by atoms with Crippen LogP contribution in [0.2, 0.25) is 0 Å². The number of ether oxygens (including phenoxy) is 1. The van der Waals surface area contributed by atoms with Gasteiger partial charge in [-0.3, -0.25) is 14.0 Å². The molecule has 0 spiro atoms. The van der Waals surface area contributed by atoms with Crippen molar-refractivity contribution in [3.05, 3.63) is 0 Å². The van der Waals surface area contributed by atoms with Crippen LogP contribution in [-0.4, -0.2) is 52.9 Å². The van der Waals surface area contributed by atoms with Gasteiger partial charge in [-0.25, -0.2) is 0 Å². The Morgan fingerprint density at radius 1 is 1.14 bits per heavy atom. The van der Waals surface area contributed by atoms with Crippen LogP contribution in [0, 0.1) is 0 Å². The Morgan fingerprint density at radius 2 is 1.89 bits per heavy atom. The van der Waals surface area contributed by atoms with E-state index < -0.39 is 10.8 Å². The molecule has 0 aromatic carbocycles. The summed E-state index contributed by atoms with van der Waals surface area (Å²) in [5.41, 5.74) is 0. The lowest BCUT2D eigenvalue weighted by atomic mass is 9.95. The predicted octanol–water partition coefficient (Wildman–Crippen LogP) is 3.75. The molecule has 0 heterocycles. The van der Waals surface area contributed by atoms with Crippen LogP contribution in [-0.2, 0) is 20.3 Å². The number of carbonyl (C=O) groups is 1. The van der Waals surface area contributed by atoms with Gasteiger partial charge in [0.15, 0.2) is 5.96 Å². The smallest absolute Gasteiger partial charge is 0.305 e. The summed E-state index contributed by atoms with van der Waals surface area (Å²) in [6.07, 6.45) is 8.84. The van der Waals surface area contributed by atoms with E-state index >= 15 is 0 Å². The van der Waals surface area contributed by atoms with Crippen molar-refractivity contribution in [3.63, 3.8) is 0 Å². The minimum absolute atomic E-state index is 0. The molecule has 1 aliphatic carbocycles. The number of hydrogen-bond donors (Lipinski definition) is 2. The van der Waals surface area contributed by atoms with E-state index in [0.29, 0.717) is 24.3 Å². The van der Waals surface area contributed by atoms with Gasteiger partial charge in [-0.15, -0.1) is 24.0 Å². The van der Waals surface area contributed by atoms with Crippen LogP contribution in [0.15, 0.2) is 4.99 Å². The third kappa shape index (κ3) is 12.2. The van der Waals surface area contributed by atoms with Gasteiger partial charge in [-0.2, -0.15) is 0 Å². The number of nitrogens with zero attached hydrogens (tertiary/aromatic N) is 1. The largest absolute Gasteiger partial charge is 0.466 e. The molecule has 8 heteroatoms. The number of esters is 1. The van der Waals surface area contributed by atoms with E-state index in [2.05, 4.69) is 22.5 Å². The van der Waals surface area contributed by atoms with Crippen molar-refractivity contribution in [2.45, 2.75) is 89.9 Å². The van der Waals surface area contributed by atoms with Gasteiger partial charge in [0.1, 0.15) is 0 Å². The van der Waals surface area contributed by atoms with Gasteiger partial charge in [0.25, 0.3) is 0 Å². The molecule has 0 saturated heterocycles. The van der Waals surface area contributed by atoms with Gasteiger partial charge in [-0.1, -0.05) is 26.2 Å². The fourth-order valence-electron chi connectivity index (χ4n) is 3.42. The van der Waals surface area contributed by atoms with Crippen molar-refractivity contribution in [1.82, 2.24) is 10.6 Å². The summed E-state index contributed by atoms with van der Waals surface area (Å²) < 4.78 is 17.0. The molecule has 1 rings (SSSR count). The van der Waals surface area contributed by atoms with Crippen LogP contribution in [0.3, 0.4) is 0 Å². The van der Waals surface area contributed by atoms with Crippen LogP contribution in [0.4, 0.5) is 0 Å². The van der Waals surface area contributed by atoms with E-state index in [0.717, 1.165) is 76.2 Å². The number of carbonyl (C=O) groups excluding carboxylic acids is 1. The second-order valence-electron chi connectivity index (χ2n) is 7.03. The number of halogens is 1. The molecule has 1 aliphatic rings. The number of guanidine groups is 1. The van der Waals surface area contributed by atoms with Gasteiger partial charge in [0.05, 0.1) is 6.61 Å². The first kappa shape index (κ1) is 27.6. The highest BCUT2D eigenvalue weighted by molar-refractivity contribution is 14.0. The van der Waals surface area contributed by atoms with E-state index in [-0.39, 0.29) is 29.9 Å². The van der Waals surface area contributed by atoms with Crippen LogP contribution in [0.5, 0.6) is 0 Å². The number of hydrogen-bond acceptors (Lipinski definition) is 4. The maximum Gasteiger partial charge on any atom is 0.305 e. The number of nitrogens with one attached hydrogen (secondary N) is 2. The van der Waals surface area contributed by atoms with Crippen molar-refractivity contribution in [1.29, 1.82) is 0 Å². The van der Waals surface area contributed by atoms with Gasteiger partial charge < -0.3 is 15.4 Å². The van der Waals surface area contributed by atoms with Crippen molar-refractivity contribution < 1.29 is 13.7 Å². The molecule has 1 fully saturated rings. The van der Waals surface area contributed by atoms with Gasteiger partial charge in [0, 0.05) is 47.4 Å². The SMILES string of the molecule is CCNC(=NCCCCCCC(=O)OCC)NC1CCCC(S(=O)CC)C1.I. The fraction of sp³-hybridized carbons (Fsp3) is 0.900. The predicted molar refractivity (Wildman–Crippen MR) is 129 cm³/mol. The first-order valence-corrected chi connectivity index (χ1v) is 12.1. The topological polar surface area (TPSA) is 79.8 Å². The second-order valence-corrected chi connectivity index (χ2v) is 9.03. The van der Waals surface area contributed by atoms with Gasteiger partial charge >= 0.3 is 5.97 Å². The summed E-state index contributed by atoms with van der Waals surface area (Å²) in [5.74, 6) is 1.53. The Kier molecular flexibility index (Phi) is 17.2. The minimum Gasteiger partial charge on any atom is -0.466 e. The molecule has 6 nitrogen and oxygen atoms in total. The number of aliphatic imine (C=N–C) groups is 1. The molecule has 0 amide bonds. The Labute approximate surface area is 190 Å². The summed E-state index contributed by atoms with van der Waals surface area (Å²) in [5, 5.41) is 7.18. The number of unbranched alkanes of at least 4 members (excludes halogenated alkanes) is 3. The molecule has 0 aliphatic heterocycles. The zero-order valence-corrected chi connectivity index (χ0v) is 21.0. The molecule has 1 saturated carbocycles. The van der Waals surface area contributed by atoms with E-state index in [9.17, 15) is 9.00 Å². The minimum atomic E-state index is -0.701. The Bertz CT molecular complexity index is 478. The summed E-state index contributed by atoms with van der Waals surface area (Å²) in [7, 11) is -0.701. The highest BCUT2D eigenvalue weighted by Gasteiger charge is 2.25. The Balaban J connectivity index is 0.00000729. The van der Waals surface area contributed by atoms with Crippen molar-refractivity contribution in [2.24, 2.45) is 4.99 Å². The zero-order chi connectivity index (χ0) is 19.9. The van der Waals surface area contributed by atoms with E-state index in [1.165, 1.54) is 0 Å². The fourth-order valence-corrected chi connectivity index (χ4v) is 4.77. The van der Waals surface area contributed by atoms with E-state index in [4.69, 9.17) is 4.74 Å². The quantitative estimate of drug-likeness (QED) is 0.132. The maximum absolute atomic E-state index is 12.1. The summed E-state index contributed by atoms with van der Waals surface area (Å²) in [6.45, 7) is 7.99. The van der Waals surface area contributed by atoms with Gasteiger partial charge in [0.2, 0.25) is 0 Å². The van der Waals surface area contributed by atoms with Crippen LogP contribution < -0.4 is 10.6 Å². The molecule has 0 radical (unpaired) electrons. The second kappa shape index (κ2) is 17.5. The summed E-state index contributed by atoms with van der Waals surface area (Å²) in [6, 6.07) is 0.363. The average molecular weight is 530 g/mol. The lowest BCUT2D eigenvalue weighted by molar-refractivity contribution is -0.143. The first-order valence-electron chi connectivity index (χ1n) is 10.7. The monoisotopic (exact) mass is 529 g/mol. The molecular formula is C20H40IN3O3S. The lowest BCUT2D eigenvalue weighted by Gasteiger charge is -2.30. The molecule has 0 aromatic heterocycles. The standard InChI is InChI=1S/C20H39N3O3S.HI/c1-4-21-20(22-15-10-8-7-9-14-19(24)26-5-2)23-17-12-11-13-18(16-17)27(25)6-3;/h17-18H,4-16H2,1-3H3,(H2,21,22,23);1H. The average Bonchev–Trinajstić information content (AvgIpc) is 2.67. The molecule has 0 bridgehead atoms. The zero-order valence-electron chi connectivity index (χ0n) is 17.8. The van der Waals surface area contributed by atoms with Crippen molar-refractivity contribution in [2.75, 3.05) is 25.4 Å². The summed E-state index contributed by atoms with van der Waals surface area (Å²) in [4.78, 5) is 16.0. The highest BCUT2D eigenvalue weighted by atomic mass is 127. The van der Waals surface area contributed by atoms with Crippen molar-refractivity contribution in [3.8, 4) is 0 Å². The first-order chi connectivity index (χ1) is 13.1. The van der Waals surface area contributed by atoms with Crippen LogP contribution >= 0.6 is 24.0 Å². The molecule has 28 heavy (non-hydrogen) atoms. The Hall–Kier alpha value is -0.380. The normalized spacial score (nSPS) is 20.8. The number of rotatable bonds is 12. The lowest BCUT2D eigenvalue weighted by Crippen LogP contribution is -2.46. The molecule has 3 atom stereocenters. The third-order valence-electron chi connectivity index (χ3n) is 4.83. The molecular weight excluding hydrogens is 489 g/mol. The van der Waals surface area contributed by atoms with Crippen molar-refractivity contribution >= 4 is 46.7 Å². The van der Waals surface area contributed by atoms with Crippen LogP contribution in [0.1, 0.15) is 78.6 Å². The molecule has 0 aromatic rings. The molecule has 166 valence electrons. The van der Waals surface area contributed by atoms with E-state index in [1.807, 2.05) is 13.8 Å². The molecule has 3 unspecified atom stereocenters. The third-order valence-corrected chi connectivity index (χ3v) is 6.57.